The average Bonchev–Trinajstić information content (AvgIpc) is 3.10. The summed E-state index contributed by atoms with van der Waals surface area (Å²) in [5, 5.41) is 10.7. The predicted molar refractivity (Wildman–Crippen MR) is 103 cm³/mol. The Morgan fingerprint density at radius 2 is 2.00 bits per heavy atom. The van der Waals surface area contributed by atoms with E-state index in [1.807, 2.05) is 32.0 Å². The van der Waals surface area contributed by atoms with Crippen molar-refractivity contribution in [1.29, 1.82) is 0 Å². The Bertz CT molecular complexity index is 997. The fourth-order valence-electron chi connectivity index (χ4n) is 2.32. The maximum atomic E-state index is 13.6. The number of hydrogen-bond acceptors (Lipinski definition) is 3. The van der Waals surface area contributed by atoms with Gasteiger partial charge in [0.2, 0.25) is 0 Å². The first-order chi connectivity index (χ1) is 12.4. The van der Waals surface area contributed by atoms with Crippen LogP contribution < -0.4 is 5.43 Å². The van der Waals surface area contributed by atoms with Gasteiger partial charge in [-0.25, -0.2) is 9.82 Å². The molecule has 0 aliphatic carbocycles. The standard InChI is InChI=1S/C19H16BrFN4O/c1-11-3-4-13(7-12(11)2)17-9-18(24-23-17)19(26)25-22-10-14-8-15(20)5-6-16(14)21/h3-10H,1-2H3,(H,23,24)(H,25,26)/b22-10+. The molecule has 5 nitrogen and oxygen atoms in total. The zero-order valence-corrected chi connectivity index (χ0v) is 15.8. The second-order valence-corrected chi connectivity index (χ2v) is 6.75. The topological polar surface area (TPSA) is 70.1 Å². The fraction of sp³-hybridized carbons (Fsp3) is 0.105. The minimum atomic E-state index is -0.459. The van der Waals surface area contributed by atoms with Crippen molar-refractivity contribution in [2.75, 3.05) is 0 Å². The third kappa shape index (κ3) is 4.05. The smallest absolute Gasteiger partial charge is 0.272 e. The molecule has 3 rings (SSSR count). The summed E-state index contributed by atoms with van der Waals surface area (Å²) in [7, 11) is 0. The van der Waals surface area contributed by atoms with Crippen molar-refractivity contribution in [3.63, 3.8) is 0 Å². The zero-order chi connectivity index (χ0) is 18.7. The van der Waals surface area contributed by atoms with Crippen LogP contribution in [0, 0.1) is 19.7 Å². The van der Waals surface area contributed by atoms with E-state index in [0.717, 1.165) is 15.6 Å². The van der Waals surface area contributed by atoms with Crippen LogP contribution in [0.4, 0.5) is 4.39 Å². The minimum absolute atomic E-state index is 0.264. The Kier molecular flexibility index (Phi) is 5.27. The number of nitrogens with one attached hydrogen (secondary N) is 2. The van der Waals surface area contributed by atoms with Crippen LogP contribution in [0.1, 0.15) is 27.2 Å². The highest BCUT2D eigenvalue weighted by molar-refractivity contribution is 9.10. The summed E-state index contributed by atoms with van der Waals surface area (Å²) in [6.45, 7) is 4.06. The number of rotatable bonds is 4. The van der Waals surface area contributed by atoms with Gasteiger partial charge in [-0.1, -0.05) is 28.1 Å². The number of nitrogens with zero attached hydrogens (tertiary/aromatic N) is 2. The summed E-state index contributed by atoms with van der Waals surface area (Å²) < 4.78 is 14.3. The quantitative estimate of drug-likeness (QED) is 0.491. The first kappa shape index (κ1) is 18.0. The molecule has 132 valence electrons. The minimum Gasteiger partial charge on any atom is -0.272 e. The normalized spacial score (nSPS) is 11.1. The fourth-order valence-corrected chi connectivity index (χ4v) is 2.70. The molecule has 0 saturated carbocycles. The number of benzene rings is 2. The number of carbonyl (C=O) groups is 1. The van der Waals surface area contributed by atoms with Crippen LogP contribution in [0.5, 0.6) is 0 Å². The van der Waals surface area contributed by atoms with Gasteiger partial charge in [-0.3, -0.25) is 9.89 Å². The molecular formula is C19H16BrFN4O. The number of hydrogen-bond donors (Lipinski definition) is 2. The van der Waals surface area contributed by atoms with E-state index in [4.69, 9.17) is 0 Å². The number of aryl methyl sites for hydroxylation is 2. The summed E-state index contributed by atoms with van der Waals surface area (Å²) in [6.07, 6.45) is 1.25. The molecule has 1 amide bonds. The van der Waals surface area contributed by atoms with E-state index >= 15 is 0 Å². The van der Waals surface area contributed by atoms with Crippen LogP contribution in [-0.4, -0.2) is 22.3 Å². The summed E-state index contributed by atoms with van der Waals surface area (Å²) in [6, 6.07) is 12.1. The molecule has 1 heterocycles. The zero-order valence-electron chi connectivity index (χ0n) is 14.2. The molecule has 0 aliphatic heterocycles. The SMILES string of the molecule is Cc1ccc(-c2cc(C(=O)N/N=C/c3cc(Br)ccc3F)[nH]n2)cc1C. The second kappa shape index (κ2) is 7.61. The molecule has 3 aromatic rings. The lowest BCUT2D eigenvalue weighted by Gasteiger charge is -2.01. The second-order valence-electron chi connectivity index (χ2n) is 5.83. The lowest BCUT2D eigenvalue weighted by atomic mass is 10.0. The van der Waals surface area contributed by atoms with E-state index in [1.54, 1.807) is 18.2 Å². The Morgan fingerprint density at radius 1 is 1.19 bits per heavy atom. The third-order valence-corrected chi connectivity index (χ3v) is 4.45. The van der Waals surface area contributed by atoms with Crippen LogP contribution in [0.15, 0.2) is 52.0 Å². The third-order valence-electron chi connectivity index (χ3n) is 3.95. The van der Waals surface area contributed by atoms with Crippen molar-refractivity contribution in [3.05, 3.63) is 75.1 Å². The summed E-state index contributed by atoms with van der Waals surface area (Å²) >= 11 is 3.26. The van der Waals surface area contributed by atoms with Crippen molar-refractivity contribution in [2.45, 2.75) is 13.8 Å². The number of hydrazone groups is 1. The Morgan fingerprint density at radius 3 is 2.77 bits per heavy atom. The molecule has 0 atom stereocenters. The Labute approximate surface area is 158 Å². The first-order valence-corrected chi connectivity index (χ1v) is 8.65. The van der Waals surface area contributed by atoms with E-state index < -0.39 is 11.7 Å². The molecular weight excluding hydrogens is 399 g/mol. The maximum Gasteiger partial charge on any atom is 0.289 e. The van der Waals surface area contributed by atoms with Crippen molar-refractivity contribution < 1.29 is 9.18 Å². The summed E-state index contributed by atoms with van der Waals surface area (Å²) in [5.74, 6) is -0.885. The maximum absolute atomic E-state index is 13.6. The van der Waals surface area contributed by atoms with E-state index in [9.17, 15) is 9.18 Å². The van der Waals surface area contributed by atoms with E-state index in [0.29, 0.717) is 5.69 Å². The van der Waals surface area contributed by atoms with Crippen LogP contribution in [-0.2, 0) is 0 Å². The lowest BCUT2D eigenvalue weighted by Crippen LogP contribution is -2.18. The molecule has 2 N–H and O–H groups in total. The molecule has 2 aromatic carbocycles. The number of aromatic nitrogens is 2. The molecule has 26 heavy (non-hydrogen) atoms. The van der Waals surface area contributed by atoms with Gasteiger partial charge in [-0.2, -0.15) is 10.2 Å². The molecule has 0 aliphatic rings. The number of carbonyl (C=O) groups excluding carboxylic acids is 1. The highest BCUT2D eigenvalue weighted by atomic mass is 79.9. The highest BCUT2D eigenvalue weighted by Crippen LogP contribution is 2.21. The van der Waals surface area contributed by atoms with E-state index in [-0.39, 0.29) is 11.3 Å². The van der Waals surface area contributed by atoms with Gasteiger partial charge in [-0.05, 0) is 55.3 Å². The molecule has 7 heteroatoms. The predicted octanol–water partition coefficient (Wildman–Crippen LogP) is 4.36. The van der Waals surface area contributed by atoms with Crippen molar-refractivity contribution in [3.8, 4) is 11.3 Å². The van der Waals surface area contributed by atoms with Crippen LogP contribution >= 0.6 is 15.9 Å². The lowest BCUT2D eigenvalue weighted by molar-refractivity contribution is 0.0950. The van der Waals surface area contributed by atoms with Crippen molar-refractivity contribution >= 4 is 28.1 Å². The average molecular weight is 415 g/mol. The van der Waals surface area contributed by atoms with Gasteiger partial charge in [0, 0.05) is 15.6 Å². The summed E-state index contributed by atoms with van der Waals surface area (Å²) in [4.78, 5) is 12.2. The van der Waals surface area contributed by atoms with Gasteiger partial charge in [-0.15, -0.1) is 0 Å². The van der Waals surface area contributed by atoms with Gasteiger partial charge in [0.1, 0.15) is 11.5 Å². The van der Waals surface area contributed by atoms with Crippen molar-refractivity contribution in [2.24, 2.45) is 5.10 Å². The number of halogens is 2. The molecule has 0 fully saturated rings. The Hall–Kier alpha value is -2.80. The first-order valence-electron chi connectivity index (χ1n) is 7.85. The largest absolute Gasteiger partial charge is 0.289 e. The molecule has 0 bridgehead atoms. The van der Waals surface area contributed by atoms with Gasteiger partial charge < -0.3 is 0 Å². The van der Waals surface area contributed by atoms with Crippen molar-refractivity contribution in [1.82, 2.24) is 15.6 Å². The Balaban J connectivity index is 1.71. The number of H-pyrrole nitrogens is 1. The van der Waals surface area contributed by atoms with Gasteiger partial charge >= 0.3 is 0 Å². The van der Waals surface area contributed by atoms with Crippen LogP contribution in [0.3, 0.4) is 0 Å². The molecule has 0 saturated heterocycles. The van der Waals surface area contributed by atoms with Crippen LogP contribution in [0.25, 0.3) is 11.3 Å². The van der Waals surface area contributed by atoms with E-state index in [2.05, 4.69) is 36.7 Å². The monoisotopic (exact) mass is 414 g/mol. The number of aromatic amines is 1. The van der Waals surface area contributed by atoms with Gasteiger partial charge in [0.25, 0.3) is 5.91 Å². The molecule has 0 unspecified atom stereocenters. The molecule has 1 aromatic heterocycles. The number of amides is 1. The van der Waals surface area contributed by atoms with Gasteiger partial charge in [0.15, 0.2) is 0 Å². The molecule has 0 spiro atoms. The van der Waals surface area contributed by atoms with Gasteiger partial charge in [0.05, 0.1) is 11.9 Å². The van der Waals surface area contributed by atoms with Crippen LogP contribution in [0.2, 0.25) is 0 Å². The summed E-state index contributed by atoms with van der Waals surface area (Å²) in [5.41, 5.74) is 6.82. The molecule has 0 radical (unpaired) electrons. The van der Waals surface area contributed by atoms with E-state index in [1.165, 1.54) is 17.8 Å². The highest BCUT2D eigenvalue weighted by Gasteiger charge is 2.11.